The van der Waals surface area contributed by atoms with Gasteiger partial charge < -0.3 is 10.6 Å². The van der Waals surface area contributed by atoms with Gasteiger partial charge in [-0.1, -0.05) is 6.92 Å². The molecule has 0 aliphatic rings. The van der Waals surface area contributed by atoms with Crippen molar-refractivity contribution in [2.45, 2.75) is 27.2 Å². The summed E-state index contributed by atoms with van der Waals surface area (Å²) in [6.45, 7) is 8.78. The molecule has 0 radical (unpaired) electrons. The van der Waals surface area contributed by atoms with Crippen molar-refractivity contribution >= 4 is 5.95 Å². The highest BCUT2D eigenvalue weighted by atomic mass is 15.2. The largest absolute Gasteiger partial charge is 0.352 e. The first-order chi connectivity index (χ1) is 7.24. The highest BCUT2D eigenvalue weighted by Crippen LogP contribution is 2.00. The Morgan fingerprint density at radius 2 is 1.80 bits per heavy atom. The molecule has 0 aromatic carbocycles. The maximum atomic E-state index is 4.28. The molecule has 2 N–H and O–H groups in total. The highest BCUT2D eigenvalue weighted by Gasteiger charge is 1.99. The number of rotatable bonds is 6. The highest BCUT2D eigenvalue weighted by molar-refractivity contribution is 5.24. The van der Waals surface area contributed by atoms with Crippen molar-refractivity contribution in [2.75, 3.05) is 25.0 Å². The van der Waals surface area contributed by atoms with E-state index >= 15 is 0 Å². The summed E-state index contributed by atoms with van der Waals surface area (Å²) in [6.07, 6.45) is 1.15. The summed E-state index contributed by atoms with van der Waals surface area (Å²) in [7, 11) is 0. The molecule has 5 nitrogen and oxygen atoms in total. The van der Waals surface area contributed by atoms with Crippen molar-refractivity contribution in [1.82, 2.24) is 20.5 Å². The number of anilines is 1. The summed E-state index contributed by atoms with van der Waals surface area (Å²) in [5.41, 5.74) is 1.80. The predicted molar refractivity (Wildman–Crippen MR) is 61.0 cm³/mol. The summed E-state index contributed by atoms with van der Waals surface area (Å²) in [4.78, 5) is 4.28. The molecule has 0 atom stereocenters. The fourth-order valence-electron chi connectivity index (χ4n) is 1.10. The summed E-state index contributed by atoms with van der Waals surface area (Å²) >= 11 is 0. The minimum absolute atomic E-state index is 0.608. The number of aromatic nitrogens is 3. The molecule has 0 fully saturated rings. The molecule has 0 unspecified atom stereocenters. The molecule has 0 saturated carbocycles. The molecule has 1 rings (SSSR count). The normalized spacial score (nSPS) is 10.3. The van der Waals surface area contributed by atoms with Gasteiger partial charge >= 0.3 is 0 Å². The van der Waals surface area contributed by atoms with E-state index in [0.29, 0.717) is 5.95 Å². The Bertz CT molecular complexity index is 300. The van der Waals surface area contributed by atoms with Gasteiger partial charge in [0.15, 0.2) is 0 Å². The van der Waals surface area contributed by atoms with Crippen LogP contribution in [0, 0.1) is 13.8 Å². The Kier molecular flexibility index (Phi) is 4.97. The summed E-state index contributed by atoms with van der Waals surface area (Å²) in [5, 5.41) is 14.4. The van der Waals surface area contributed by atoms with E-state index in [1.54, 1.807) is 0 Å². The molecule has 15 heavy (non-hydrogen) atoms. The third-order valence-corrected chi connectivity index (χ3v) is 2.10. The summed E-state index contributed by atoms with van der Waals surface area (Å²) in [5.74, 6) is 0.608. The number of hydrogen-bond donors (Lipinski definition) is 2. The van der Waals surface area contributed by atoms with Crippen LogP contribution in [-0.2, 0) is 0 Å². The van der Waals surface area contributed by atoms with Gasteiger partial charge in [0.25, 0.3) is 0 Å². The van der Waals surface area contributed by atoms with Gasteiger partial charge in [0.1, 0.15) is 0 Å². The van der Waals surface area contributed by atoms with Crippen LogP contribution < -0.4 is 10.6 Å². The summed E-state index contributed by atoms with van der Waals surface area (Å²) < 4.78 is 0. The quantitative estimate of drug-likeness (QED) is 0.682. The third kappa shape index (κ3) is 4.20. The smallest absolute Gasteiger partial charge is 0.243 e. The molecule has 1 heterocycles. The van der Waals surface area contributed by atoms with Crippen LogP contribution in [0.1, 0.15) is 24.7 Å². The van der Waals surface area contributed by atoms with Crippen LogP contribution in [0.2, 0.25) is 0 Å². The van der Waals surface area contributed by atoms with Crippen LogP contribution in [0.3, 0.4) is 0 Å². The zero-order valence-corrected chi connectivity index (χ0v) is 9.67. The number of aryl methyl sites for hydroxylation is 2. The molecule has 0 spiro atoms. The van der Waals surface area contributed by atoms with Crippen molar-refractivity contribution in [2.24, 2.45) is 0 Å². The minimum atomic E-state index is 0.608. The van der Waals surface area contributed by atoms with E-state index in [1.165, 1.54) is 0 Å². The van der Waals surface area contributed by atoms with Crippen molar-refractivity contribution in [3.63, 3.8) is 0 Å². The van der Waals surface area contributed by atoms with Gasteiger partial charge in [-0.3, -0.25) is 0 Å². The van der Waals surface area contributed by atoms with E-state index in [0.717, 1.165) is 37.4 Å². The number of nitrogens with zero attached hydrogens (tertiary/aromatic N) is 3. The minimum Gasteiger partial charge on any atom is -0.352 e. The second-order valence-electron chi connectivity index (χ2n) is 3.48. The van der Waals surface area contributed by atoms with Crippen molar-refractivity contribution < 1.29 is 0 Å². The van der Waals surface area contributed by atoms with Crippen molar-refractivity contribution in [1.29, 1.82) is 0 Å². The monoisotopic (exact) mass is 209 g/mol. The first-order valence-electron chi connectivity index (χ1n) is 5.36. The standard InChI is InChI=1S/C10H19N5/c1-4-5-11-6-7-12-10-13-8(2)9(3)14-15-10/h11H,4-7H2,1-3H3,(H,12,13,15). The lowest BCUT2D eigenvalue weighted by atomic mass is 10.4. The Hall–Kier alpha value is -1.23. The number of nitrogens with one attached hydrogen (secondary N) is 2. The van der Waals surface area contributed by atoms with E-state index in [-0.39, 0.29) is 0 Å². The average molecular weight is 209 g/mol. The third-order valence-electron chi connectivity index (χ3n) is 2.10. The molecule has 0 amide bonds. The van der Waals surface area contributed by atoms with E-state index in [1.807, 2.05) is 13.8 Å². The van der Waals surface area contributed by atoms with Crippen molar-refractivity contribution in [3.05, 3.63) is 11.4 Å². The molecular formula is C10H19N5. The van der Waals surface area contributed by atoms with E-state index in [2.05, 4.69) is 32.7 Å². The second kappa shape index (κ2) is 6.29. The predicted octanol–water partition coefficient (Wildman–Crippen LogP) is 0.900. The van der Waals surface area contributed by atoms with Crippen LogP contribution in [0.4, 0.5) is 5.95 Å². The zero-order chi connectivity index (χ0) is 11.1. The van der Waals surface area contributed by atoms with Crippen LogP contribution in [0.15, 0.2) is 0 Å². The Balaban J connectivity index is 2.28. The van der Waals surface area contributed by atoms with Crippen LogP contribution >= 0.6 is 0 Å². The van der Waals surface area contributed by atoms with E-state index < -0.39 is 0 Å². The van der Waals surface area contributed by atoms with Gasteiger partial charge in [-0.15, -0.1) is 5.10 Å². The molecule has 5 heteroatoms. The molecule has 1 aromatic heterocycles. The fourth-order valence-corrected chi connectivity index (χ4v) is 1.10. The van der Waals surface area contributed by atoms with Gasteiger partial charge in [-0.2, -0.15) is 5.10 Å². The van der Waals surface area contributed by atoms with Crippen LogP contribution in [0.25, 0.3) is 0 Å². The van der Waals surface area contributed by atoms with Gasteiger partial charge in [0, 0.05) is 13.1 Å². The lowest BCUT2D eigenvalue weighted by Crippen LogP contribution is -2.23. The van der Waals surface area contributed by atoms with Gasteiger partial charge in [0.05, 0.1) is 11.4 Å². The molecule has 84 valence electrons. The Labute approximate surface area is 90.7 Å². The lowest BCUT2D eigenvalue weighted by Gasteiger charge is -2.06. The van der Waals surface area contributed by atoms with Gasteiger partial charge in [-0.05, 0) is 26.8 Å². The maximum absolute atomic E-state index is 4.28. The molecule has 0 aliphatic heterocycles. The van der Waals surface area contributed by atoms with E-state index in [4.69, 9.17) is 0 Å². The van der Waals surface area contributed by atoms with E-state index in [9.17, 15) is 0 Å². The van der Waals surface area contributed by atoms with Gasteiger partial charge in [0.2, 0.25) is 5.95 Å². The topological polar surface area (TPSA) is 62.7 Å². The first kappa shape index (κ1) is 11.8. The van der Waals surface area contributed by atoms with Crippen LogP contribution in [-0.4, -0.2) is 34.8 Å². The molecular weight excluding hydrogens is 190 g/mol. The summed E-state index contributed by atoms with van der Waals surface area (Å²) in [6, 6.07) is 0. The van der Waals surface area contributed by atoms with Crippen molar-refractivity contribution in [3.8, 4) is 0 Å². The fraction of sp³-hybridized carbons (Fsp3) is 0.700. The molecule has 1 aromatic rings. The average Bonchev–Trinajstić information content (AvgIpc) is 2.23. The Morgan fingerprint density at radius 1 is 1.00 bits per heavy atom. The molecule has 0 saturated heterocycles. The SMILES string of the molecule is CCCNCCNc1nnc(C)c(C)n1. The second-order valence-corrected chi connectivity index (χ2v) is 3.48. The lowest BCUT2D eigenvalue weighted by molar-refractivity contribution is 0.685. The van der Waals surface area contributed by atoms with Gasteiger partial charge in [-0.25, -0.2) is 4.98 Å². The van der Waals surface area contributed by atoms with Crippen LogP contribution in [0.5, 0.6) is 0 Å². The zero-order valence-electron chi connectivity index (χ0n) is 9.67. The number of hydrogen-bond acceptors (Lipinski definition) is 5. The first-order valence-corrected chi connectivity index (χ1v) is 5.36. The molecule has 0 bridgehead atoms. The Morgan fingerprint density at radius 3 is 2.47 bits per heavy atom. The maximum Gasteiger partial charge on any atom is 0.243 e. The molecule has 0 aliphatic carbocycles.